The van der Waals surface area contributed by atoms with Crippen molar-refractivity contribution < 1.29 is 0 Å². The molecular formula is C10H7Cl2N3O2S. The van der Waals surface area contributed by atoms with Gasteiger partial charge in [-0.2, -0.15) is 5.10 Å². The molecule has 1 aromatic carbocycles. The van der Waals surface area contributed by atoms with Crippen molar-refractivity contribution in [2.24, 2.45) is 0 Å². The fourth-order valence-corrected chi connectivity index (χ4v) is 2.82. The number of aromatic amines is 2. The Morgan fingerprint density at radius 2 is 1.89 bits per heavy atom. The second-order valence-electron chi connectivity index (χ2n) is 3.30. The molecule has 18 heavy (non-hydrogen) atoms. The second kappa shape index (κ2) is 5.60. The molecule has 0 radical (unpaired) electrons. The molecule has 8 heteroatoms. The topological polar surface area (TPSA) is 78.6 Å². The summed E-state index contributed by atoms with van der Waals surface area (Å²) in [4.78, 5) is 24.3. The van der Waals surface area contributed by atoms with Gasteiger partial charge in [0.05, 0.1) is 0 Å². The smallest absolute Gasteiger partial charge is 0.271 e. The first-order valence-electron chi connectivity index (χ1n) is 4.82. The normalized spacial score (nSPS) is 10.6. The largest absolute Gasteiger partial charge is 0.342 e. The van der Waals surface area contributed by atoms with Crippen molar-refractivity contribution in [1.29, 1.82) is 0 Å². The van der Waals surface area contributed by atoms with Crippen molar-refractivity contribution in [3.05, 3.63) is 54.6 Å². The molecule has 2 rings (SSSR count). The van der Waals surface area contributed by atoms with Gasteiger partial charge in [0, 0.05) is 15.8 Å². The van der Waals surface area contributed by atoms with E-state index in [-0.39, 0.29) is 5.03 Å². The fraction of sp³-hybridized carbons (Fsp3) is 0.100. The van der Waals surface area contributed by atoms with E-state index in [1.807, 2.05) is 0 Å². The zero-order valence-corrected chi connectivity index (χ0v) is 11.2. The van der Waals surface area contributed by atoms with Crippen molar-refractivity contribution >= 4 is 35.0 Å². The summed E-state index contributed by atoms with van der Waals surface area (Å²) in [5.41, 5.74) is -0.453. The quantitative estimate of drug-likeness (QED) is 0.851. The number of benzene rings is 1. The van der Waals surface area contributed by atoms with E-state index >= 15 is 0 Å². The van der Waals surface area contributed by atoms with Crippen LogP contribution in [0.2, 0.25) is 10.0 Å². The zero-order valence-electron chi connectivity index (χ0n) is 8.87. The molecule has 0 aliphatic carbocycles. The van der Waals surface area contributed by atoms with E-state index in [1.54, 1.807) is 18.2 Å². The minimum absolute atomic E-state index is 0.158. The molecule has 5 nitrogen and oxygen atoms in total. The maximum Gasteiger partial charge on any atom is 0.342 e. The summed E-state index contributed by atoms with van der Waals surface area (Å²) in [7, 11) is 0. The van der Waals surface area contributed by atoms with E-state index in [0.29, 0.717) is 15.8 Å². The predicted molar refractivity (Wildman–Crippen MR) is 71.5 cm³/mol. The molecule has 1 aromatic heterocycles. The van der Waals surface area contributed by atoms with Crippen molar-refractivity contribution in [3.63, 3.8) is 0 Å². The van der Waals surface area contributed by atoms with Crippen LogP contribution in [-0.2, 0) is 5.75 Å². The molecule has 0 amide bonds. The monoisotopic (exact) mass is 303 g/mol. The molecule has 1 heterocycles. The van der Waals surface area contributed by atoms with E-state index in [9.17, 15) is 9.59 Å². The van der Waals surface area contributed by atoms with E-state index in [4.69, 9.17) is 23.2 Å². The van der Waals surface area contributed by atoms with Gasteiger partial charge in [0.2, 0.25) is 0 Å². The highest BCUT2D eigenvalue weighted by atomic mass is 35.5. The maximum atomic E-state index is 11.4. The summed E-state index contributed by atoms with van der Waals surface area (Å²) in [5.74, 6) is 0.390. The molecule has 0 atom stereocenters. The molecule has 94 valence electrons. The highest BCUT2D eigenvalue weighted by Crippen LogP contribution is 2.29. The van der Waals surface area contributed by atoms with Crippen LogP contribution in [0.5, 0.6) is 0 Å². The van der Waals surface area contributed by atoms with Crippen molar-refractivity contribution in [1.82, 2.24) is 15.2 Å². The number of thioether (sulfide) groups is 1. The summed E-state index contributed by atoms with van der Waals surface area (Å²) >= 11 is 13.1. The highest BCUT2D eigenvalue weighted by Gasteiger charge is 2.09. The summed E-state index contributed by atoms with van der Waals surface area (Å²) in [6, 6.07) is 5.17. The first-order chi connectivity index (χ1) is 8.58. The van der Waals surface area contributed by atoms with Crippen LogP contribution in [0.15, 0.2) is 32.8 Å². The van der Waals surface area contributed by atoms with Gasteiger partial charge in [-0.25, -0.2) is 9.89 Å². The SMILES string of the molecule is O=c1[nH]nc(SCc2c(Cl)cccc2Cl)c(=O)[nH]1. The summed E-state index contributed by atoms with van der Waals surface area (Å²) < 4.78 is 0. The lowest BCUT2D eigenvalue weighted by Gasteiger charge is -2.05. The number of rotatable bonds is 3. The number of nitrogens with zero attached hydrogens (tertiary/aromatic N) is 1. The molecule has 2 aromatic rings. The zero-order chi connectivity index (χ0) is 13.1. The Morgan fingerprint density at radius 3 is 2.50 bits per heavy atom. The standard InChI is InChI=1S/C10H7Cl2N3O2S/c11-6-2-1-3-7(12)5(6)4-18-9-8(16)13-10(17)15-14-9/h1-3H,4H2,(H2,13,15,16,17). The van der Waals surface area contributed by atoms with Gasteiger partial charge in [-0.15, -0.1) is 0 Å². The molecule has 2 N–H and O–H groups in total. The lowest BCUT2D eigenvalue weighted by Crippen LogP contribution is -2.24. The third kappa shape index (κ3) is 2.95. The molecule has 0 aliphatic rings. The average molecular weight is 304 g/mol. The number of H-pyrrole nitrogens is 2. The van der Waals surface area contributed by atoms with Crippen LogP contribution < -0.4 is 11.2 Å². The first-order valence-corrected chi connectivity index (χ1v) is 6.57. The second-order valence-corrected chi connectivity index (χ2v) is 5.08. The Balaban J connectivity index is 2.22. The summed E-state index contributed by atoms with van der Waals surface area (Å²) in [5, 5.41) is 7.01. The minimum Gasteiger partial charge on any atom is -0.271 e. The molecule has 0 spiro atoms. The van der Waals surface area contributed by atoms with Crippen LogP contribution >= 0.6 is 35.0 Å². The predicted octanol–water partition coefficient (Wildman–Crippen LogP) is 2.06. The molecule has 0 unspecified atom stereocenters. The molecule has 0 saturated heterocycles. The Kier molecular flexibility index (Phi) is 4.11. The Hall–Kier alpha value is -1.24. The Morgan fingerprint density at radius 1 is 1.22 bits per heavy atom. The third-order valence-corrected chi connectivity index (χ3v) is 3.79. The van der Waals surface area contributed by atoms with Crippen LogP contribution in [0.4, 0.5) is 0 Å². The van der Waals surface area contributed by atoms with Gasteiger partial charge < -0.3 is 0 Å². The van der Waals surface area contributed by atoms with E-state index < -0.39 is 11.2 Å². The van der Waals surface area contributed by atoms with Gasteiger partial charge in [-0.05, 0) is 17.7 Å². The van der Waals surface area contributed by atoms with Crippen LogP contribution in [-0.4, -0.2) is 15.2 Å². The molecule has 0 aliphatic heterocycles. The lowest BCUT2D eigenvalue weighted by atomic mass is 10.2. The van der Waals surface area contributed by atoms with Crippen molar-refractivity contribution in [3.8, 4) is 0 Å². The first kappa shape index (κ1) is 13.2. The molecule has 0 bridgehead atoms. The molecule has 0 fully saturated rings. The third-order valence-electron chi connectivity index (χ3n) is 2.10. The van der Waals surface area contributed by atoms with Crippen LogP contribution in [0.3, 0.4) is 0 Å². The number of nitrogens with one attached hydrogen (secondary N) is 2. The average Bonchev–Trinajstić information content (AvgIpc) is 2.31. The van der Waals surface area contributed by atoms with Crippen molar-refractivity contribution in [2.75, 3.05) is 0 Å². The van der Waals surface area contributed by atoms with Gasteiger partial charge in [-0.3, -0.25) is 9.78 Å². The number of hydrogen-bond acceptors (Lipinski definition) is 4. The Bertz CT molecular complexity index is 663. The highest BCUT2D eigenvalue weighted by molar-refractivity contribution is 7.98. The summed E-state index contributed by atoms with van der Waals surface area (Å²) in [6.07, 6.45) is 0. The summed E-state index contributed by atoms with van der Waals surface area (Å²) in [6.45, 7) is 0. The minimum atomic E-state index is -0.639. The van der Waals surface area contributed by atoms with Crippen LogP contribution in [0.25, 0.3) is 0 Å². The maximum absolute atomic E-state index is 11.4. The number of aromatic nitrogens is 3. The Labute approximate surface area is 116 Å². The van der Waals surface area contributed by atoms with E-state index in [1.165, 1.54) is 0 Å². The van der Waals surface area contributed by atoms with Gasteiger partial charge in [0.1, 0.15) is 0 Å². The molecular weight excluding hydrogens is 297 g/mol. The van der Waals surface area contributed by atoms with Gasteiger partial charge in [0.15, 0.2) is 5.03 Å². The van der Waals surface area contributed by atoms with E-state index in [0.717, 1.165) is 17.3 Å². The fourth-order valence-electron chi connectivity index (χ4n) is 1.25. The number of hydrogen-bond donors (Lipinski definition) is 2. The van der Waals surface area contributed by atoms with Crippen LogP contribution in [0.1, 0.15) is 5.56 Å². The van der Waals surface area contributed by atoms with E-state index in [2.05, 4.69) is 15.2 Å². The van der Waals surface area contributed by atoms with Crippen molar-refractivity contribution in [2.45, 2.75) is 10.8 Å². The number of halogens is 2. The van der Waals surface area contributed by atoms with Gasteiger partial charge in [-0.1, -0.05) is 41.0 Å². The van der Waals surface area contributed by atoms with Gasteiger partial charge in [0.25, 0.3) is 5.56 Å². The van der Waals surface area contributed by atoms with Gasteiger partial charge >= 0.3 is 5.69 Å². The molecule has 0 saturated carbocycles. The lowest BCUT2D eigenvalue weighted by molar-refractivity contribution is 0.807. The van der Waals surface area contributed by atoms with Crippen LogP contribution in [0, 0.1) is 0 Å².